The Hall–Kier alpha value is -1.46. The van der Waals surface area contributed by atoms with Gasteiger partial charge in [0.25, 0.3) is 0 Å². The lowest BCUT2D eigenvalue weighted by atomic mass is 10.1. The van der Waals surface area contributed by atoms with Crippen molar-refractivity contribution in [3.8, 4) is 0 Å². The first-order chi connectivity index (χ1) is 9.74. The molecule has 0 bridgehead atoms. The number of hydrogen-bond donors (Lipinski definition) is 1. The van der Waals surface area contributed by atoms with E-state index in [2.05, 4.69) is 21.5 Å². The molecular formula is C15H22N4O. The Morgan fingerprint density at radius 3 is 3.20 bits per heavy atom. The SMILES string of the molecule is Cc1nn(C)c2ncc(CNCCC3CCOC3)cc12. The van der Waals surface area contributed by atoms with Crippen molar-refractivity contribution >= 4 is 11.0 Å². The van der Waals surface area contributed by atoms with Gasteiger partial charge in [-0.25, -0.2) is 4.98 Å². The largest absolute Gasteiger partial charge is 0.381 e. The van der Waals surface area contributed by atoms with Crippen LogP contribution in [0, 0.1) is 12.8 Å². The van der Waals surface area contributed by atoms with Gasteiger partial charge in [0, 0.05) is 38.4 Å². The van der Waals surface area contributed by atoms with Gasteiger partial charge in [-0.15, -0.1) is 0 Å². The topological polar surface area (TPSA) is 52.0 Å². The molecule has 1 atom stereocenters. The number of pyridine rings is 1. The zero-order valence-electron chi connectivity index (χ0n) is 12.2. The molecule has 1 aliphatic heterocycles. The average molecular weight is 274 g/mol. The summed E-state index contributed by atoms with van der Waals surface area (Å²) in [6.07, 6.45) is 4.35. The number of rotatable bonds is 5. The second kappa shape index (κ2) is 5.89. The Morgan fingerprint density at radius 1 is 1.50 bits per heavy atom. The van der Waals surface area contributed by atoms with E-state index in [1.165, 1.54) is 18.4 Å². The highest BCUT2D eigenvalue weighted by Crippen LogP contribution is 2.17. The lowest BCUT2D eigenvalue weighted by molar-refractivity contribution is 0.184. The summed E-state index contributed by atoms with van der Waals surface area (Å²) in [7, 11) is 1.93. The molecule has 108 valence electrons. The van der Waals surface area contributed by atoms with Crippen LogP contribution >= 0.6 is 0 Å². The van der Waals surface area contributed by atoms with Gasteiger partial charge in [0.15, 0.2) is 5.65 Å². The van der Waals surface area contributed by atoms with Crippen molar-refractivity contribution in [2.45, 2.75) is 26.3 Å². The summed E-state index contributed by atoms with van der Waals surface area (Å²) in [5.74, 6) is 0.740. The molecular weight excluding hydrogens is 252 g/mol. The summed E-state index contributed by atoms with van der Waals surface area (Å²) in [6.45, 7) is 5.81. The average Bonchev–Trinajstić information content (AvgIpc) is 3.05. The highest BCUT2D eigenvalue weighted by Gasteiger charge is 2.14. The fourth-order valence-electron chi connectivity index (χ4n) is 2.80. The molecule has 3 heterocycles. The van der Waals surface area contributed by atoms with E-state index in [0.29, 0.717) is 0 Å². The monoisotopic (exact) mass is 274 g/mol. The van der Waals surface area contributed by atoms with E-state index < -0.39 is 0 Å². The van der Waals surface area contributed by atoms with Crippen LogP contribution in [0.2, 0.25) is 0 Å². The maximum atomic E-state index is 5.39. The second-order valence-electron chi connectivity index (χ2n) is 5.62. The van der Waals surface area contributed by atoms with Crippen LogP contribution in [-0.4, -0.2) is 34.5 Å². The molecule has 0 radical (unpaired) electrons. The molecule has 1 unspecified atom stereocenters. The Labute approximate surface area is 119 Å². The first-order valence-corrected chi connectivity index (χ1v) is 7.31. The van der Waals surface area contributed by atoms with Gasteiger partial charge in [-0.1, -0.05) is 0 Å². The molecule has 0 spiro atoms. The fourth-order valence-corrected chi connectivity index (χ4v) is 2.80. The molecule has 1 fully saturated rings. The Balaban J connectivity index is 1.56. The van der Waals surface area contributed by atoms with Gasteiger partial charge in [-0.05, 0) is 43.9 Å². The van der Waals surface area contributed by atoms with E-state index in [9.17, 15) is 0 Å². The van der Waals surface area contributed by atoms with E-state index in [0.717, 1.165) is 48.9 Å². The molecule has 5 heteroatoms. The van der Waals surface area contributed by atoms with Crippen LogP contribution in [0.1, 0.15) is 24.1 Å². The molecule has 2 aromatic rings. The van der Waals surface area contributed by atoms with Crippen LogP contribution in [0.5, 0.6) is 0 Å². The highest BCUT2D eigenvalue weighted by atomic mass is 16.5. The van der Waals surface area contributed by atoms with E-state index in [-0.39, 0.29) is 0 Å². The van der Waals surface area contributed by atoms with Gasteiger partial charge in [-0.3, -0.25) is 4.68 Å². The smallest absolute Gasteiger partial charge is 0.157 e. The number of hydrogen-bond acceptors (Lipinski definition) is 4. The molecule has 0 aromatic carbocycles. The number of aromatic nitrogens is 3. The molecule has 0 aliphatic carbocycles. The van der Waals surface area contributed by atoms with E-state index in [1.54, 1.807) is 0 Å². The summed E-state index contributed by atoms with van der Waals surface area (Å²) in [6, 6.07) is 2.19. The number of nitrogens with one attached hydrogen (secondary N) is 1. The number of fused-ring (bicyclic) bond motifs is 1. The van der Waals surface area contributed by atoms with Crippen molar-refractivity contribution in [1.82, 2.24) is 20.1 Å². The first-order valence-electron chi connectivity index (χ1n) is 7.31. The third kappa shape index (κ3) is 2.83. The van der Waals surface area contributed by atoms with Gasteiger partial charge in [-0.2, -0.15) is 5.10 Å². The standard InChI is InChI=1S/C15H22N4O/c1-11-14-7-13(9-17-15(14)19(2)18-11)8-16-5-3-12-4-6-20-10-12/h7,9,12,16H,3-6,8,10H2,1-2H3. The predicted octanol–water partition coefficient (Wildman–Crippen LogP) is 1.79. The predicted molar refractivity (Wildman–Crippen MR) is 78.5 cm³/mol. The van der Waals surface area contributed by atoms with Crippen LogP contribution < -0.4 is 5.32 Å². The lowest BCUT2D eigenvalue weighted by Crippen LogP contribution is -2.18. The zero-order chi connectivity index (χ0) is 13.9. The fraction of sp³-hybridized carbons (Fsp3) is 0.600. The van der Waals surface area contributed by atoms with Gasteiger partial charge in [0.1, 0.15) is 0 Å². The van der Waals surface area contributed by atoms with Gasteiger partial charge >= 0.3 is 0 Å². The zero-order valence-corrected chi connectivity index (χ0v) is 12.2. The third-order valence-electron chi connectivity index (χ3n) is 4.00. The first kappa shape index (κ1) is 13.5. The lowest BCUT2D eigenvalue weighted by Gasteiger charge is -2.08. The summed E-state index contributed by atoms with van der Waals surface area (Å²) >= 11 is 0. The number of nitrogens with zero attached hydrogens (tertiary/aromatic N) is 3. The molecule has 1 aliphatic rings. The minimum atomic E-state index is 0.740. The third-order valence-corrected chi connectivity index (χ3v) is 4.00. The summed E-state index contributed by atoms with van der Waals surface area (Å²) in [5.41, 5.74) is 3.21. The minimum Gasteiger partial charge on any atom is -0.381 e. The normalized spacial score (nSPS) is 19.0. The highest BCUT2D eigenvalue weighted by molar-refractivity contribution is 5.78. The Kier molecular flexibility index (Phi) is 3.98. The van der Waals surface area contributed by atoms with Crippen molar-refractivity contribution in [3.63, 3.8) is 0 Å². The Bertz CT molecular complexity index is 587. The van der Waals surface area contributed by atoms with Crippen LogP contribution in [0.15, 0.2) is 12.3 Å². The second-order valence-corrected chi connectivity index (χ2v) is 5.62. The molecule has 0 amide bonds. The molecule has 0 saturated carbocycles. The Morgan fingerprint density at radius 2 is 2.40 bits per heavy atom. The molecule has 2 aromatic heterocycles. The van der Waals surface area contributed by atoms with E-state index >= 15 is 0 Å². The van der Waals surface area contributed by atoms with Crippen molar-refractivity contribution in [2.24, 2.45) is 13.0 Å². The maximum Gasteiger partial charge on any atom is 0.157 e. The van der Waals surface area contributed by atoms with Crippen molar-refractivity contribution in [1.29, 1.82) is 0 Å². The minimum absolute atomic E-state index is 0.740. The van der Waals surface area contributed by atoms with Gasteiger partial charge in [0.05, 0.1) is 5.69 Å². The van der Waals surface area contributed by atoms with Crippen molar-refractivity contribution in [2.75, 3.05) is 19.8 Å². The van der Waals surface area contributed by atoms with Gasteiger partial charge in [0.2, 0.25) is 0 Å². The summed E-state index contributed by atoms with van der Waals surface area (Å²) in [4.78, 5) is 4.50. The van der Waals surface area contributed by atoms with Crippen molar-refractivity contribution in [3.05, 3.63) is 23.5 Å². The van der Waals surface area contributed by atoms with Crippen molar-refractivity contribution < 1.29 is 4.74 Å². The van der Waals surface area contributed by atoms with Gasteiger partial charge < -0.3 is 10.1 Å². The summed E-state index contributed by atoms with van der Waals surface area (Å²) in [5, 5.41) is 9.05. The molecule has 1 N–H and O–H groups in total. The maximum absolute atomic E-state index is 5.39. The molecule has 5 nitrogen and oxygen atoms in total. The van der Waals surface area contributed by atoms with Crippen LogP contribution in [-0.2, 0) is 18.3 Å². The van der Waals surface area contributed by atoms with E-state index in [1.807, 2.05) is 24.9 Å². The number of aryl methyl sites for hydroxylation is 2. The van der Waals surface area contributed by atoms with Crippen LogP contribution in [0.4, 0.5) is 0 Å². The van der Waals surface area contributed by atoms with E-state index in [4.69, 9.17) is 4.74 Å². The quantitative estimate of drug-likeness (QED) is 0.845. The van der Waals surface area contributed by atoms with Crippen LogP contribution in [0.3, 0.4) is 0 Å². The summed E-state index contributed by atoms with van der Waals surface area (Å²) < 4.78 is 7.22. The number of ether oxygens (including phenoxy) is 1. The molecule has 1 saturated heterocycles. The van der Waals surface area contributed by atoms with Crippen LogP contribution in [0.25, 0.3) is 11.0 Å². The molecule has 3 rings (SSSR count). The molecule has 20 heavy (non-hydrogen) atoms.